The minimum atomic E-state index is -4.76. The van der Waals surface area contributed by atoms with Gasteiger partial charge in [0.15, 0.2) is 6.10 Å². The first kappa shape index (κ1) is 12.4. The molecule has 0 radical (unpaired) electrons. The number of nitrogens with two attached hydrogens (primary N) is 1. The van der Waals surface area contributed by atoms with Gasteiger partial charge in [0.05, 0.1) is 15.7 Å². The number of aliphatic hydroxyl groups is 1. The van der Waals surface area contributed by atoms with E-state index in [1.165, 1.54) is 0 Å². The van der Waals surface area contributed by atoms with Crippen LogP contribution in [-0.4, -0.2) is 11.3 Å². The van der Waals surface area contributed by atoms with E-state index in [1.807, 2.05) is 0 Å². The van der Waals surface area contributed by atoms with E-state index in [4.69, 9.17) is 34.0 Å². The van der Waals surface area contributed by atoms with Crippen LogP contribution in [-0.2, 0) is 0 Å². The predicted octanol–water partition coefficient (Wildman–Crippen LogP) is 3.17. The third kappa shape index (κ3) is 2.68. The highest BCUT2D eigenvalue weighted by molar-refractivity contribution is 6.38. The van der Waals surface area contributed by atoms with E-state index in [9.17, 15) is 13.2 Å². The molecule has 0 spiro atoms. The molecule has 0 saturated heterocycles. The van der Waals surface area contributed by atoms with Crippen molar-refractivity contribution in [3.8, 4) is 0 Å². The molecule has 0 saturated carbocycles. The molecule has 0 aromatic heterocycles. The van der Waals surface area contributed by atoms with Gasteiger partial charge >= 0.3 is 6.18 Å². The van der Waals surface area contributed by atoms with Crippen molar-refractivity contribution in [3.05, 3.63) is 27.7 Å². The van der Waals surface area contributed by atoms with Crippen molar-refractivity contribution in [1.29, 1.82) is 0 Å². The van der Waals surface area contributed by atoms with Crippen LogP contribution in [0.15, 0.2) is 12.1 Å². The third-order valence-corrected chi connectivity index (χ3v) is 2.35. The van der Waals surface area contributed by atoms with E-state index in [0.29, 0.717) is 0 Å². The number of anilines is 1. The first-order valence-electron chi connectivity index (χ1n) is 3.72. The molecular formula is C8H6Cl2F3NO. The maximum Gasteiger partial charge on any atom is 0.418 e. The molecule has 0 aliphatic heterocycles. The number of nitrogen functional groups attached to an aromatic ring is 1. The SMILES string of the molecule is Nc1c(Cl)cc(C(O)C(F)(F)F)cc1Cl. The van der Waals surface area contributed by atoms with Gasteiger partial charge in [-0.3, -0.25) is 0 Å². The van der Waals surface area contributed by atoms with Crippen molar-refractivity contribution in [2.45, 2.75) is 12.3 Å². The Hall–Kier alpha value is -0.650. The van der Waals surface area contributed by atoms with E-state index < -0.39 is 17.8 Å². The van der Waals surface area contributed by atoms with Gasteiger partial charge in [0.1, 0.15) is 0 Å². The molecule has 0 heterocycles. The van der Waals surface area contributed by atoms with Crippen molar-refractivity contribution in [3.63, 3.8) is 0 Å². The molecule has 84 valence electrons. The van der Waals surface area contributed by atoms with Gasteiger partial charge < -0.3 is 10.8 Å². The van der Waals surface area contributed by atoms with E-state index in [-0.39, 0.29) is 15.7 Å². The minimum Gasteiger partial charge on any atom is -0.396 e. The number of aliphatic hydroxyl groups excluding tert-OH is 1. The molecule has 15 heavy (non-hydrogen) atoms. The van der Waals surface area contributed by atoms with E-state index >= 15 is 0 Å². The zero-order chi connectivity index (χ0) is 11.8. The summed E-state index contributed by atoms with van der Waals surface area (Å²) < 4.78 is 36.4. The molecule has 7 heteroatoms. The number of rotatable bonds is 1. The normalized spacial score (nSPS) is 14.0. The Labute approximate surface area is 93.4 Å². The summed E-state index contributed by atoms with van der Waals surface area (Å²) in [5.74, 6) is 0. The van der Waals surface area contributed by atoms with Gasteiger partial charge in [-0.05, 0) is 17.7 Å². The van der Waals surface area contributed by atoms with Crippen LogP contribution in [0.25, 0.3) is 0 Å². The average Bonchev–Trinajstić information content (AvgIpc) is 2.10. The van der Waals surface area contributed by atoms with Gasteiger partial charge in [-0.1, -0.05) is 23.2 Å². The van der Waals surface area contributed by atoms with Crippen molar-refractivity contribution in [2.75, 3.05) is 5.73 Å². The van der Waals surface area contributed by atoms with Crippen molar-refractivity contribution in [1.82, 2.24) is 0 Å². The van der Waals surface area contributed by atoms with Crippen LogP contribution in [0.4, 0.5) is 18.9 Å². The molecule has 2 nitrogen and oxygen atoms in total. The van der Waals surface area contributed by atoms with Gasteiger partial charge in [0.2, 0.25) is 0 Å². The quantitative estimate of drug-likeness (QED) is 0.762. The van der Waals surface area contributed by atoms with E-state index in [1.54, 1.807) is 0 Å². The molecule has 0 bridgehead atoms. The minimum absolute atomic E-state index is 0.0172. The molecule has 1 atom stereocenters. The molecule has 1 unspecified atom stereocenters. The molecule has 0 aliphatic carbocycles. The highest BCUT2D eigenvalue weighted by Crippen LogP contribution is 2.37. The highest BCUT2D eigenvalue weighted by Gasteiger charge is 2.39. The Bertz CT molecular complexity index is 358. The average molecular weight is 260 g/mol. The third-order valence-electron chi connectivity index (χ3n) is 1.73. The van der Waals surface area contributed by atoms with Gasteiger partial charge in [0.25, 0.3) is 0 Å². The predicted molar refractivity (Wildman–Crippen MR) is 51.9 cm³/mol. The number of benzene rings is 1. The van der Waals surface area contributed by atoms with Gasteiger partial charge in [0, 0.05) is 0 Å². The standard InChI is InChI=1S/C8H6Cl2F3NO/c9-4-1-3(2-5(10)6(4)14)7(15)8(11,12)13/h1-2,7,15H,14H2. The number of hydrogen-bond donors (Lipinski definition) is 2. The van der Waals surface area contributed by atoms with Crippen molar-refractivity contribution in [2.24, 2.45) is 0 Å². The fourth-order valence-electron chi connectivity index (χ4n) is 0.951. The molecule has 1 rings (SSSR count). The molecule has 0 amide bonds. The smallest absolute Gasteiger partial charge is 0.396 e. The lowest BCUT2D eigenvalue weighted by Gasteiger charge is -2.16. The second kappa shape index (κ2) is 4.08. The maximum atomic E-state index is 12.1. The van der Waals surface area contributed by atoms with Crippen LogP contribution < -0.4 is 5.73 Å². The summed E-state index contributed by atoms with van der Waals surface area (Å²) in [6.07, 6.45) is -7.38. The zero-order valence-corrected chi connectivity index (χ0v) is 8.66. The molecule has 1 aromatic rings. The Morgan fingerprint density at radius 1 is 1.20 bits per heavy atom. The van der Waals surface area contributed by atoms with Crippen LogP contribution in [0.2, 0.25) is 10.0 Å². The van der Waals surface area contributed by atoms with Gasteiger partial charge in [-0.15, -0.1) is 0 Å². The molecule has 0 fully saturated rings. The second-order valence-corrected chi connectivity index (χ2v) is 3.66. The lowest BCUT2D eigenvalue weighted by Crippen LogP contribution is -2.20. The largest absolute Gasteiger partial charge is 0.418 e. The fraction of sp³-hybridized carbons (Fsp3) is 0.250. The van der Waals surface area contributed by atoms with Crippen molar-refractivity contribution < 1.29 is 18.3 Å². The summed E-state index contributed by atoms with van der Waals surface area (Å²) in [6.45, 7) is 0. The Morgan fingerprint density at radius 3 is 1.93 bits per heavy atom. The van der Waals surface area contributed by atoms with Crippen molar-refractivity contribution >= 4 is 28.9 Å². The second-order valence-electron chi connectivity index (χ2n) is 2.84. The maximum absolute atomic E-state index is 12.1. The number of halogens is 5. The Kier molecular flexibility index (Phi) is 3.38. The lowest BCUT2D eigenvalue weighted by molar-refractivity contribution is -0.206. The van der Waals surface area contributed by atoms with Gasteiger partial charge in [-0.25, -0.2) is 0 Å². The summed E-state index contributed by atoms with van der Waals surface area (Å²) in [7, 11) is 0. The van der Waals surface area contributed by atoms with Crippen LogP contribution in [0.1, 0.15) is 11.7 Å². The summed E-state index contributed by atoms with van der Waals surface area (Å²) in [4.78, 5) is 0. The van der Waals surface area contributed by atoms with E-state index in [2.05, 4.69) is 0 Å². The Balaban J connectivity index is 3.17. The van der Waals surface area contributed by atoms with Crippen LogP contribution in [0.5, 0.6) is 0 Å². The van der Waals surface area contributed by atoms with E-state index in [0.717, 1.165) is 12.1 Å². The monoisotopic (exact) mass is 259 g/mol. The highest BCUT2D eigenvalue weighted by atomic mass is 35.5. The topological polar surface area (TPSA) is 46.2 Å². The molecule has 3 N–H and O–H groups in total. The first-order valence-corrected chi connectivity index (χ1v) is 4.48. The van der Waals surface area contributed by atoms with Crippen LogP contribution in [0.3, 0.4) is 0 Å². The summed E-state index contributed by atoms with van der Waals surface area (Å²) in [6, 6.07) is 1.86. The zero-order valence-electron chi connectivity index (χ0n) is 7.15. The number of alkyl halides is 3. The summed E-state index contributed by atoms with van der Waals surface area (Å²) >= 11 is 11.1. The van der Waals surface area contributed by atoms with Crippen LogP contribution >= 0.6 is 23.2 Å². The summed E-state index contributed by atoms with van der Waals surface area (Å²) in [5.41, 5.74) is 4.88. The lowest BCUT2D eigenvalue weighted by atomic mass is 10.1. The molecule has 1 aromatic carbocycles. The Morgan fingerprint density at radius 2 is 1.60 bits per heavy atom. The molecule has 0 aliphatic rings. The number of hydrogen-bond acceptors (Lipinski definition) is 2. The summed E-state index contributed by atoms with van der Waals surface area (Å²) in [5, 5.41) is 8.67. The fourth-order valence-corrected chi connectivity index (χ4v) is 1.45. The molecular weight excluding hydrogens is 254 g/mol. The first-order chi connectivity index (χ1) is 6.73. The van der Waals surface area contributed by atoms with Crippen LogP contribution in [0, 0.1) is 0 Å². The van der Waals surface area contributed by atoms with Gasteiger partial charge in [-0.2, -0.15) is 13.2 Å².